The third kappa shape index (κ3) is 4.30. The zero-order valence-electron chi connectivity index (χ0n) is 15.7. The van der Waals surface area contributed by atoms with Crippen LogP contribution in [-0.2, 0) is 19.3 Å². The lowest BCUT2D eigenvalue weighted by atomic mass is 10.1. The van der Waals surface area contributed by atoms with E-state index in [1.807, 2.05) is 24.9 Å². The van der Waals surface area contributed by atoms with E-state index >= 15 is 0 Å². The summed E-state index contributed by atoms with van der Waals surface area (Å²) < 4.78 is 39.7. The van der Waals surface area contributed by atoms with Crippen molar-refractivity contribution in [1.82, 2.24) is 25.1 Å². The summed E-state index contributed by atoms with van der Waals surface area (Å²) in [6.07, 6.45) is -4.70. The first-order valence-corrected chi connectivity index (χ1v) is 8.61. The van der Waals surface area contributed by atoms with Crippen LogP contribution in [0.25, 0.3) is 11.4 Å². The van der Waals surface area contributed by atoms with E-state index in [9.17, 15) is 18.0 Å². The Bertz CT molecular complexity index is 1040. The van der Waals surface area contributed by atoms with Crippen molar-refractivity contribution in [2.45, 2.75) is 33.1 Å². The molecule has 3 rings (SSSR count). The Labute approximate surface area is 159 Å². The Kier molecular flexibility index (Phi) is 5.37. The van der Waals surface area contributed by atoms with Crippen molar-refractivity contribution in [3.8, 4) is 11.4 Å². The molecule has 0 radical (unpaired) electrons. The number of aromatic nitrogens is 4. The molecule has 0 saturated heterocycles. The first-order valence-electron chi connectivity index (χ1n) is 8.61. The summed E-state index contributed by atoms with van der Waals surface area (Å²) in [4.78, 5) is 20.2. The van der Waals surface area contributed by atoms with Gasteiger partial charge in [0.2, 0.25) is 0 Å². The van der Waals surface area contributed by atoms with Gasteiger partial charge in [-0.05, 0) is 32.5 Å². The predicted octanol–water partition coefficient (Wildman–Crippen LogP) is 3.43. The van der Waals surface area contributed by atoms with Gasteiger partial charge < -0.3 is 4.98 Å². The molecule has 2 N–H and O–H groups in total. The van der Waals surface area contributed by atoms with Gasteiger partial charge in [0.25, 0.3) is 5.56 Å². The number of rotatable bonds is 5. The largest absolute Gasteiger partial charge is 0.433 e. The van der Waals surface area contributed by atoms with Crippen LogP contribution in [0.4, 0.5) is 13.2 Å². The van der Waals surface area contributed by atoms with E-state index in [0.717, 1.165) is 23.9 Å². The van der Waals surface area contributed by atoms with Crippen LogP contribution in [0.2, 0.25) is 0 Å². The molecular weight excluding hydrogens is 371 g/mol. The third-order valence-electron chi connectivity index (χ3n) is 4.32. The first-order chi connectivity index (χ1) is 13.1. The van der Waals surface area contributed by atoms with Crippen molar-refractivity contribution < 1.29 is 13.2 Å². The molecule has 0 saturated carbocycles. The van der Waals surface area contributed by atoms with E-state index in [-0.39, 0.29) is 5.82 Å². The molecule has 1 aromatic carbocycles. The van der Waals surface area contributed by atoms with Gasteiger partial charge in [0.05, 0.1) is 5.69 Å². The van der Waals surface area contributed by atoms with E-state index < -0.39 is 23.0 Å². The minimum atomic E-state index is -4.70. The molecule has 28 heavy (non-hydrogen) atoms. The number of nitrogens with zero attached hydrogens (tertiary/aromatic N) is 3. The molecule has 0 atom stereocenters. The molecule has 148 valence electrons. The van der Waals surface area contributed by atoms with Crippen LogP contribution in [0.1, 0.15) is 28.2 Å². The molecule has 0 spiro atoms. The number of hydrogen-bond donors (Lipinski definition) is 2. The Morgan fingerprint density at radius 1 is 1.14 bits per heavy atom. The van der Waals surface area contributed by atoms with Crippen molar-refractivity contribution in [3.05, 3.63) is 68.9 Å². The normalized spacial score (nSPS) is 12.0. The maximum Gasteiger partial charge on any atom is 0.433 e. The molecule has 0 bridgehead atoms. The predicted molar refractivity (Wildman–Crippen MR) is 98.5 cm³/mol. The minimum absolute atomic E-state index is 0.0949. The van der Waals surface area contributed by atoms with Gasteiger partial charge in [-0.15, -0.1) is 0 Å². The second-order valence-electron chi connectivity index (χ2n) is 6.76. The maximum atomic E-state index is 13.2. The van der Waals surface area contributed by atoms with Gasteiger partial charge in [-0.1, -0.05) is 24.3 Å². The van der Waals surface area contributed by atoms with Crippen LogP contribution in [-0.4, -0.2) is 32.1 Å². The number of aromatic amines is 2. The highest BCUT2D eigenvalue weighted by Gasteiger charge is 2.36. The van der Waals surface area contributed by atoms with Crippen LogP contribution < -0.4 is 5.56 Å². The average molecular weight is 391 g/mol. The topological polar surface area (TPSA) is 77.7 Å². The number of benzene rings is 1. The Morgan fingerprint density at radius 3 is 2.50 bits per heavy atom. The molecule has 0 amide bonds. The molecule has 2 heterocycles. The van der Waals surface area contributed by atoms with E-state index in [1.54, 1.807) is 24.3 Å². The lowest BCUT2D eigenvalue weighted by Crippen LogP contribution is -2.22. The van der Waals surface area contributed by atoms with Crippen LogP contribution in [0.5, 0.6) is 0 Å². The highest BCUT2D eigenvalue weighted by atomic mass is 19.4. The Balaban J connectivity index is 1.94. The van der Waals surface area contributed by atoms with Crippen molar-refractivity contribution in [1.29, 1.82) is 0 Å². The van der Waals surface area contributed by atoms with Gasteiger partial charge >= 0.3 is 6.18 Å². The van der Waals surface area contributed by atoms with E-state index in [4.69, 9.17) is 0 Å². The molecule has 0 unspecified atom stereocenters. The average Bonchev–Trinajstić information content (AvgIpc) is 3.01. The van der Waals surface area contributed by atoms with Gasteiger partial charge in [-0.3, -0.25) is 14.8 Å². The third-order valence-corrected chi connectivity index (χ3v) is 4.32. The summed E-state index contributed by atoms with van der Waals surface area (Å²) in [5.41, 5.74) is 0.602. The lowest BCUT2D eigenvalue weighted by molar-refractivity contribution is -0.141. The zero-order valence-corrected chi connectivity index (χ0v) is 15.7. The molecule has 0 aliphatic heterocycles. The summed E-state index contributed by atoms with van der Waals surface area (Å²) >= 11 is 0. The van der Waals surface area contributed by atoms with Gasteiger partial charge in [0, 0.05) is 29.9 Å². The first kappa shape index (κ1) is 19.8. The van der Waals surface area contributed by atoms with E-state index in [1.165, 1.54) is 0 Å². The number of H-pyrrole nitrogens is 2. The molecule has 2 aromatic heterocycles. The molecule has 3 aromatic rings. The minimum Gasteiger partial charge on any atom is -0.306 e. The Morgan fingerprint density at radius 2 is 1.86 bits per heavy atom. The number of halogens is 3. The SMILES string of the molecule is Cc1cc(CN(C)Cc2ccccc2-c2nc(C(F)(F)F)c(C)c(=O)[nH]2)n[nH]1. The summed E-state index contributed by atoms with van der Waals surface area (Å²) in [6, 6.07) is 8.87. The van der Waals surface area contributed by atoms with Crippen molar-refractivity contribution in [2.75, 3.05) is 7.05 Å². The van der Waals surface area contributed by atoms with Gasteiger partial charge in [-0.25, -0.2) is 4.98 Å². The number of alkyl halides is 3. The molecular formula is C19H20F3N5O. The standard InChI is InChI=1S/C19H20F3N5O/c1-11-8-14(26-25-11)10-27(3)9-13-6-4-5-7-15(13)17-23-16(19(20,21)22)12(2)18(28)24-17/h4-8H,9-10H2,1-3H3,(H,25,26)(H,23,24,28). The fourth-order valence-electron chi connectivity index (χ4n) is 3.00. The van der Waals surface area contributed by atoms with Crippen LogP contribution in [0.15, 0.2) is 35.1 Å². The molecule has 6 nitrogen and oxygen atoms in total. The second kappa shape index (κ2) is 7.59. The van der Waals surface area contributed by atoms with Crippen molar-refractivity contribution in [3.63, 3.8) is 0 Å². The number of nitrogens with one attached hydrogen (secondary N) is 2. The number of hydrogen-bond acceptors (Lipinski definition) is 4. The zero-order chi connectivity index (χ0) is 20.5. The quantitative estimate of drug-likeness (QED) is 0.699. The van der Waals surface area contributed by atoms with Gasteiger partial charge in [0.15, 0.2) is 5.69 Å². The van der Waals surface area contributed by atoms with Crippen molar-refractivity contribution in [2.24, 2.45) is 0 Å². The summed E-state index contributed by atoms with van der Waals surface area (Å²) in [5.74, 6) is -0.0949. The fourth-order valence-corrected chi connectivity index (χ4v) is 3.00. The smallest absolute Gasteiger partial charge is 0.306 e. The molecule has 0 fully saturated rings. The van der Waals surface area contributed by atoms with Crippen LogP contribution in [0, 0.1) is 13.8 Å². The van der Waals surface area contributed by atoms with Crippen LogP contribution >= 0.6 is 0 Å². The molecule has 0 aliphatic rings. The summed E-state index contributed by atoms with van der Waals surface area (Å²) in [6.45, 7) is 4.03. The summed E-state index contributed by atoms with van der Waals surface area (Å²) in [5, 5.41) is 7.06. The van der Waals surface area contributed by atoms with E-state index in [2.05, 4.69) is 20.2 Å². The van der Waals surface area contributed by atoms with Crippen molar-refractivity contribution >= 4 is 0 Å². The molecule has 0 aliphatic carbocycles. The monoisotopic (exact) mass is 391 g/mol. The highest BCUT2D eigenvalue weighted by molar-refractivity contribution is 5.60. The van der Waals surface area contributed by atoms with Gasteiger partial charge in [0.1, 0.15) is 5.82 Å². The maximum absolute atomic E-state index is 13.2. The van der Waals surface area contributed by atoms with Crippen LogP contribution in [0.3, 0.4) is 0 Å². The van der Waals surface area contributed by atoms with Gasteiger partial charge in [-0.2, -0.15) is 18.3 Å². The summed E-state index contributed by atoms with van der Waals surface area (Å²) in [7, 11) is 1.88. The second-order valence-corrected chi connectivity index (χ2v) is 6.76. The fraction of sp³-hybridized carbons (Fsp3) is 0.316. The Hall–Kier alpha value is -2.94. The molecule has 9 heteroatoms. The lowest BCUT2D eigenvalue weighted by Gasteiger charge is -2.18. The van der Waals surface area contributed by atoms with E-state index in [0.29, 0.717) is 18.7 Å². The highest BCUT2D eigenvalue weighted by Crippen LogP contribution is 2.30. The number of aryl methyl sites for hydroxylation is 1.